The Bertz CT molecular complexity index is 341. The smallest absolute Gasteiger partial charge is 0.125 e. The van der Waals surface area contributed by atoms with Crippen LogP contribution in [0, 0.1) is 5.82 Å². The van der Waals surface area contributed by atoms with Crippen LogP contribution in [0.2, 0.25) is 0 Å². The third kappa shape index (κ3) is 3.20. The van der Waals surface area contributed by atoms with Gasteiger partial charge in [-0.2, -0.15) is 0 Å². The minimum absolute atomic E-state index is 0.124. The summed E-state index contributed by atoms with van der Waals surface area (Å²) in [6, 6.07) is 5.07. The first-order chi connectivity index (χ1) is 7.58. The summed E-state index contributed by atoms with van der Waals surface area (Å²) in [4.78, 5) is 2.05. The summed E-state index contributed by atoms with van der Waals surface area (Å²) in [6.07, 6.45) is 2.18. The average molecular weight is 225 g/mol. The zero-order valence-corrected chi connectivity index (χ0v) is 10.2. The first-order valence-corrected chi connectivity index (χ1v) is 5.71. The number of aliphatic hydroxyl groups is 1. The molecule has 1 aromatic carbocycles. The minimum atomic E-state index is -0.294. The van der Waals surface area contributed by atoms with E-state index in [-0.39, 0.29) is 12.4 Å². The number of rotatable bonds is 5. The van der Waals surface area contributed by atoms with Crippen LogP contribution in [0.3, 0.4) is 0 Å². The van der Waals surface area contributed by atoms with Crippen molar-refractivity contribution in [3.8, 4) is 0 Å². The largest absolute Gasteiger partial charge is 0.392 e. The van der Waals surface area contributed by atoms with Crippen LogP contribution in [0.5, 0.6) is 0 Å². The highest BCUT2D eigenvalue weighted by molar-refractivity contribution is 5.49. The fourth-order valence-corrected chi connectivity index (χ4v) is 1.79. The van der Waals surface area contributed by atoms with Crippen molar-refractivity contribution in [2.45, 2.75) is 39.3 Å². The summed E-state index contributed by atoms with van der Waals surface area (Å²) in [5, 5.41) is 9.03. The molecule has 0 saturated heterocycles. The molecule has 0 bridgehead atoms. The quantitative estimate of drug-likeness (QED) is 0.832. The lowest BCUT2D eigenvalue weighted by Crippen LogP contribution is -2.28. The van der Waals surface area contributed by atoms with E-state index in [1.54, 1.807) is 0 Å². The Labute approximate surface area is 96.7 Å². The third-order valence-corrected chi connectivity index (χ3v) is 2.90. The zero-order chi connectivity index (χ0) is 12.1. The highest BCUT2D eigenvalue weighted by Crippen LogP contribution is 2.21. The van der Waals surface area contributed by atoms with Gasteiger partial charge in [0.25, 0.3) is 0 Å². The average Bonchev–Trinajstić information content (AvgIpc) is 2.27. The van der Waals surface area contributed by atoms with Gasteiger partial charge in [0, 0.05) is 18.8 Å². The first-order valence-electron chi connectivity index (χ1n) is 5.71. The van der Waals surface area contributed by atoms with Gasteiger partial charge < -0.3 is 10.0 Å². The fraction of sp³-hybridized carbons (Fsp3) is 0.538. The van der Waals surface area contributed by atoms with Gasteiger partial charge in [0.15, 0.2) is 0 Å². The summed E-state index contributed by atoms with van der Waals surface area (Å²) < 4.78 is 13.3. The van der Waals surface area contributed by atoms with Crippen LogP contribution in [0.4, 0.5) is 10.1 Å². The van der Waals surface area contributed by atoms with E-state index in [0.717, 1.165) is 18.5 Å². The second kappa shape index (κ2) is 5.85. The van der Waals surface area contributed by atoms with E-state index in [2.05, 4.69) is 13.8 Å². The van der Waals surface area contributed by atoms with Crippen LogP contribution in [0.1, 0.15) is 32.3 Å². The van der Waals surface area contributed by atoms with Crippen molar-refractivity contribution in [2.75, 3.05) is 11.9 Å². The topological polar surface area (TPSA) is 23.5 Å². The maximum atomic E-state index is 13.3. The van der Waals surface area contributed by atoms with Crippen LogP contribution in [-0.4, -0.2) is 18.2 Å². The first kappa shape index (κ1) is 13.0. The number of hydrogen-bond donors (Lipinski definition) is 1. The van der Waals surface area contributed by atoms with Crippen molar-refractivity contribution < 1.29 is 9.50 Å². The number of benzene rings is 1. The van der Waals surface area contributed by atoms with E-state index in [1.807, 2.05) is 18.0 Å². The van der Waals surface area contributed by atoms with Gasteiger partial charge in [-0.1, -0.05) is 13.3 Å². The van der Waals surface area contributed by atoms with Gasteiger partial charge in [0.05, 0.1) is 6.61 Å². The summed E-state index contributed by atoms with van der Waals surface area (Å²) >= 11 is 0. The Morgan fingerprint density at radius 3 is 2.62 bits per heavy atom. The molecule has 0 fully saturated rings. The molecular weight excluding hydrogens is 205 g/mol. The molecule has 1 unspecified atom stereocenters. The van der Waals surface area contributed by atoms with Gasteiger partial charge in [-0.25, -0.2) is 4.39 Å². The number of halogens is 1. The number of aliphatic hydroxyl groups excluding tert-OH is 1. The SMILES string of the molecule is CCCC(C)N(C)c1cc(F)cc(CO)c1. The Balaban J connectivity index is 2.89. The van der Waals surface area contributed by atoms with Crippen LogP contribution in [0.15, 0.2) is 18.2 Å². The maximum absolute atomic E-state index is 13.3. The summed E-state index contributed by atoms with van der Waals surface area (Å²) in [7, 11) is 1.95. The van der Waals surface area contributed by atoms with Crippen LogP contribution in [-0.2, 0) is 6.61 Å². The Kier molecular flexibility index (Phi) is 4.74. The molecule has 3 heteroatoms. The van der Waals surface area contributed by atoms with Crippen molar-refractivity contribution in [2.24, 2.45) is 0 Å². The lowest BCUT2D eigenvalue weighted by Gasteiger charge is -2.27. The zero-order valence-electron chi connectivity index (χ0n) is 10.2. The second-order valence-corrected chi connectivity index (χ2v) is 4.22. The Morgan fingerprint density at radius 1 is 1.38 bits per heavy atom. The summed E-state index contributed by atoms with van der Waals surface area (Å²) in [5.41, 5.74) is 1.44. The molecule has 1 rings (SSSR count). The van der Waals surface area contributed by atoms with Gasteiger partial charge in [-0.05, 0) is 37.1 Å². The highest BCUT2D eigenvalue weighted by atomic mass is 19.1. The molecule has 0 saturated carbocycles. The Morgan fingerprint density at radius 2 is 2.06 bits per heavy atom. The highest BCUT2D eigenvalue weighted by Gasteiger charge is 2.10. The van der Waals surface area contributed by atoms with Crippen LogP contribution >= 0.6 is 0 Å². The molecule has 0 aromatic heterocycles. The van der Waals surface area contributed by atoms with Crippen LogP contribution < -0.4 is 4.90 Å². The number of anilines is 1. The van der Waals surface area contributed by atoms with E-state index < -0.39 is 0 Å². The lowest BCUT2D eigenvalue weighted by molar-refractivity contribution is 0.281. The van der Waals surface area contributed by atoms with Gasteiger partial charge in [-0.3, -0.25) is 0 Å². The van der Waals surface area contributed by atoms with Gasteiger partial charge in [-0.15, -0.1) is 0 Å². The third-order valence-electron chi connectivity index (χ3n) is 2.90. The predicted molar refractivity (Wildman–Crippen MR) is 65.1 cm³/mol. The molecule has 0 amide bonds. The lowest BCUT2D eigenvalue weighted by atomic mass is 10.1. The molecule has 0 radical (unpaired) electrons. The van der Waals surface area contributed by atoms with Gasteiger partial charge in [0.2, 0.25) is 0 Å². The van der Waals surface area contributed by atoms with E-state index in [1.165, 1.54) is 12.1 Å². The maximum Gasteiger partial charge on any atom is 0.125 e. The standard InChI is InChI=1S/C13H20FNO/c1-4-5-10(2)15(3)13-7-11(9-16)6-12(14)8-13/h6-8,10,16H,4-5,9H2,1-3H3. The van der Waals surface area contributed by atoms with Crippen molar-refractivity contribution >= 4 is 5.69 Å². The van der Waals surface area contributed by atoms with E-state index in [0.29, 0.717) is 11.6 Å². The molecule has 0 aliphatic heterocycles. The monoisotopic (exact) mass is 225 g/mol. The normalized spacial score (nSPS) is 12.6. The number of nitrogens with zero attached hydrogens (tertiary/aromatic N) is 1. The predicted octanol–water partition coefficient (Wildman–Crippen LogP) is 2.94. The molecule has 0 heterocycles. The van der Waals surface area contributed by atoms with Crippen LogP contribution in [0.25, 0.3) is 0 Å². The van der Waals surface area contributed by atoms with Gasteiger partial charge in [0.1, 0.15) is 5.82 Å². The molecule has 16 heavy (non-hydrogen) atoms. The molecule has 2 nitrogen and oxygen atoms in total. The molecule has 0 aliphatic rings. The van der Waals surface area contributed by atoms with E-state index in [9.17, 15) is 4.39 Å². The summed E-state index contributed by atoms with van der Waals surface area (Å²) in [5.74, 6) is -0.294. The molecular formula is C13H20FNO. The minimum Gasteiger partial charge on any atom is -0.392 e. The van der Waals surface area contributed by atoms with Gasteiger partial charge >= 0.3 is 0 Å². The second-order valence-electron chi connectivity index (χ2n) is 4.22. The molecule has 0 aliphatic carbocycles. The van der Waals surface area contributed by atoms with Crippen molar-refractivity contribution in [3.63, 3.8) is 0 Å². The molecule has 1 aromatic rings. The molecule has 1 atom stereocenters. The van der Waals surface area contributed by atoms with Crippen molar-refractivity contribution in [1.82, 2.24) is 0 Å². The Hall–Kier alpha value is -1.09. The molecule has 0 spiro atoms. The van der Waals surface area contributed by atoms with Crippen molar-refractivity contribution in [1.29, 1.82) is 0 Å². The summed E-state index contributed by atoms with van der Waals surface area (Å²) in [6.45, 7) is 4.13. The number of hydrogen-bond acceptors (Lipinski definition) is 2. The molecule has 90 valence electrons. The van der Waals surface area contributed by atoms with Crippen molar-refractivity contribution in [3.05, 3.63) is 29.6 Å². The molecule has 1 N–H and O–H groups in total. The fourth-order valence-electron chi connectivity index (χ4n) is 1.79. The van der Waals surface area contributed by atoms with E-state index >= 15 is 0 Å². The van der Waals surface area contributed by atoms with E-state index in [4.69, 9.17) is 5.11 Å².